The smallest absolute Gasteiger partial charge is 0.182 e. The van der Waals surface area contributed by atoms with Crippen molar-refractivity contribution in [3.63, 3.8) is 0 Å². The summed E-state index contributed by atoms with van der Waals surface area (Å²) in [7, 11) is 0. The number of aryl methyl sites for hydroxylation is 1. The van der Waals surface area contributed by atoms with E-state index in [0.29, 0.717) is 24.3 Å². The van der Waals surface area contributed by atoms with Crippen molar-refractivity contribution in [1.29, 1.82) is 0 Å². The quantitative estimate of drug-likeness (QED) is 0.610. The van der Waals surface area contributed by atoms with Gasteiger partial charge in [0.1, 0.15) is 5.92 Å². The second kappa shape index (κ2) is 5.02. The summed E-state index contributed by atoms with van der Waals surface area (Å²) in [6.07, 6.45) is 1.14. The standard InChI is InChI=1S/C14H13ClO3/c1-8-5-6-9(10(15)7-8)14(18)13-11(16)3-2-4-12(13)17/h5-7,13H,2-4H2,1H3. The highest BCUT2D eigenvalue weighted by atomic mass is 35.5. The van der Waals surface area contributed by atoms with Crippen LogP contribution in [0.15, 0.2) is 18.2 Å². The van der Waals surface area contributed by atoms with Gasteiger partial charge in [-0.25, -0.2) is 0 Å². The van der Waals surface area contributed by atoms with Gasteiger partial charge in [-0.15, -0.1) is 0 Å². The van der Waals surface area contributed by atoms with Crippen molar-refractivity contribution in [3.05, 3.63) is 34.3 Å². The van der Waals surface area contributed by atoms with Crippen molar-refractivity contribution < 1.29 is 14.4 Å². The molecule has 0 amide bonds. The molecule has 0 N–H and O–H groups in total. The molecule has 0 radical (unpaired) electrons. The number of benzene rings is 1. The van der Waals surface area contributed by atoms with Crippen LogP contribution in [0, 0.1) is 12.8 Å². The lowest BCUT2D eigenvalue weighted by molar-refractivity contribution is -0.133. The summed E-state index contributed by atoms with van der Waals surface area (Å²) in [5.41, 5.74) is 1.19. The zero-order chi connectivity index (χ0) is 13.3. The Morgan fingerprint density at radius 2 is 1.83 bits per heavy atom. The van der Waals surface area contributed by atoms with Gasteiger partial charge in [0.25, 0.3) is 0 Å². The number of ketones is 3. The number of carbonyl (C=O) groups is 3. The zero-order valence-electron chi connectivity index (χ0n) is 10.0. The Morgan fingerprint density at radius 1 is 1.22 bits per heavy atom. The Labute approximate surface area is 110 Å². The molecule has 0 bridgehead atoms. The van der Waals surface area contributed by atoms with Crippen LogP contribution in [-0.4, -0.2) is 17.3 Å². The van der Waals surface area contributed by atoms with E-state index in [9.17, 15) is 14.4 Å². The molecule has 0 aromatic heterocycles. The van der Waals surface area contributed by atoms with Crippen molar-refractivity contribution >= 4 is 29.0 Å². The van der Waals surface area contributed by atoms with Gasteiger partial charge in [0.2, 0.25) is 0 Å². The van der Waals surface area contributed by atoms with Gasteiger partial charge in [0.15, 0.2) is 17.3 Å². The van der Waals surface area contributed by atoms with Gasteiger partial charge in [-0.2, -0.15) is 0 Å². The zero-order valence-corrected chi connectivity index (χ0v) is 10.8. The van der Waals surface area contributed by atoms with Gasteiger partial charge < -0.3 is 0 Å². The molecule has 1 aromatic carbocycles. The van der Waals surface area contributed by atoms with Gasteiger partial charge in [0.05, 0.1) is 5.02 Å². The number of hydrogen-bond acceptors (Lipinski definition) is 3. The molecule has 1 fully saturated rings. The van der Waals surface area contributed by atoms with E-state index in [4.69, 9.17) is 11.6 Å². The Morgan fingerprint density at radius 3 is 2.39 bits per heavy atom. The Kier molecular flexibility index (Phi) is 3.62. The molecule has 94 valence electrons. The highest BCUT2D eigenvalue weighted by Crippen LogP contribution is 2.25. The first-order chi connectivity index (χ1) is 8.50. The molecule has 1 aliphatic carbocycles. The highest BCUT2D eigenvalue weighted by molar-refractivity contribution is 6.36. The molecule has 0 spiro atoms. The molecule has 18 heavy (non-hydrogen) atoms. The molecule has 0 heterocycles. The number of Topliss-reactive ketones (excluding diaryl/α,β-unsaturated/α-hetero) is 3. The van der Waals surface area contributed by atoms with Gasteiger partial charge in [0, 0.05) is 18.4 Å². The lowest BCUT2D eigenvalue weighted by atomic mass is 9.81. The summed E-state index contributed by atoms with van der Waals surface area (Å²) in [5, 5.41) is 0.297. The number of hydrogen-bond donors (Lipinski definition) is 0. The molecule has 0 unspecified atom stereocenters. The summed E-state index contributed by atoms with van der Waals surface area (Å²) >= 11 is 6.00. The maximum atomic E-state index is 12.2. The second-order valence-corrected chi connectivity index (χ2v) is 4.97. The molecule has 2 rings (SSSR count). The molecule has 4 heteroatoms. The van der Waals surface area contributed by atoms with E-state index in [1.807, 2.05) is 6.92 Å². The summed E-state index contributed by atoms with van der Waals surface area (Å²) in [6.45, 7) is 1.86. The Balaban J connectivity index is 2.35. The van der Waals surface area contributed by atoms with Crippen LogP contribution in [0.2, 0.25) is 5.02 Å². The molecule has 0 aliphatic heterocycles. The van der Waals surface area contributed by atoms with Gasteiger partial charge in [-0.3, -0.25) is 14.4 Å². The highest BCUT2D eigenvalue weighted by Gasteiger charge is 2.37. The second-order valence-electron chi connectivity index (χ2n) is 4.57. The van der Waals surface area contributed by atoms with Crippen molar-refractivity contribution in [1.82, 2.24) is 0 Å². The third kappa shape index (κ3) is 2.36. The number of halogens is 1. The number of rotatable bonds is 2. The maximum absolute atomic E-state index is 12.2. The van der Waals surface area contributed by atoms with Crippen LogP contribution in [0.4, 0.5) is 0 Å². The topological polar surface area (TPSA) is 51.2 Å². The van der Waals surface area contributed by atoms with E-state index >= 15 is 0 Å². The maximum Gasteiger partial charge on any atom is 0.182 e. The fourth-order valence-electron chi connectivity index (χ4n) is 2.17. The Bertz CT molecular complexity index is 518. The minimum atomic E-state index is -1.14. The lowest BCUT2D eigenvalue weighted by Gasteiger charge is -2.18. The minimum absolute atomic E-state index is 0.260. The molecule has 1 aliphatic rings. The van der Waals surface area contributed by atoms with E-state index in [0.717, 1.165) is 5.56 Å². The third-order valence-corrected chi connectivity index (χ3v) is 3.46. The molecular weight excluding hydrogens is 252 g/mol. The van der Waals surface area contributed by atoms with Crippen LogP contribution in [-0.2, 0) is 9.59 Å². The average Bonchev–Trinajstić information content (AvgIpc) is 2.28. The Hall–Kier alpha value is -1.48. The first-order valence-corrected chi connectivity index (χ1v) is 6.24. The van der Waals surface area contributed by atoms with Crippen molar-refractivity contribution in [2.24, 2.45) is 5.92 Å². The fraction of sp³-hybridized carbons (Fsp3) is 0.357. The fourth-order valence-corrected chi connectivity index (χ4v) is 2.50. The minimum Gasteiger partial charge on any atom is -0.298 e. The van der Waals surface area contributed by atoms with Crippen LogP contribution in [0.25, 0.3) is 0 Å². The van der Waals surface area contributed by atoms with Crippen LogP contribution in [0.1, 0.15) is 35.2 Å². The average molecular weight is 265 g/mol. The normalized spacial score (nSPS) is 17.0. The van der Waals surface area contributed by atoms with Crippen molar-refractivity contribution in [2.45, 2.75) is 26.2 Å². The molecule has 1 aromatic rings. The first kappa shape index (κ1) is 13.0. The third-order valence-electron chi connectivity index (χ3n) is 3.14. The predicted molar refractivity (Wildman–Crippen MR) is 67.9 cm³/mol. The molecule has 1 saturated carbocycles. The van der Waals surface area contributed by atoms with E-state index < -0.39 is 11.7 Å². The van der Waals surface area contributed by atoms with Crippen LogP contribution in [0.3, 0.4) is 0 Å². The monoisotopic (exact) mass is 264 g/mol. The van der Waals surface area contributed by atoms with Gasteiger partial charge in [-0.1, -0.05) is 17.7 Å². The van der Waals surface area contributed by atoms with Gasteiger partial charge >= 0.3 is 0 Å². The summed E-state index contributed by atoms with van der Waals surface area (Å²) in [5.74, 6) is -2.17. The van der Waals surface area contributed by atoms with Crippen LogP contribution < -0.4 is 0 Å². The van der Waals surface area contributed by atoms with Gasteiger partial charge in [-0.05, 0) is 31.0 Å². The summed E-state index contributed by atoms with van der Waals surface area (Å²) in [4.78, 5) is 35.7. The molecular formula is C14H13ClO3. The van der Waals surface area contributed by atoms with E-state index in [-0.39, 0.29) is 17.1 Å². The first-order valence-electron chi connectivity index (χ1n) is 5.86. The molecule has 0 saturated heterocycles. The van der Waals surface area contributed by atoms with Crippen LogP contribution >= 0.6 is 11.6 Å². The molecule has 0 atom stereocenters. The van der Waals surface area contributed by atoms with Crippen molar-refractivity contribution in [2.75, 3.05) is 0 Å². The largest absolute Gasteiger partial charge is 0.298 e. The van der Waals surface area contributed by atoms with E-state index in [1.165, 1.54) is 0 Å². The van der Waals surface area contributed by atoms with Crippen LogP contribution in [0.5, 0.6) is 0 Å². The molecule has 3 nitrogen and oxygen atoms in total. The SMILES string of the molecule is Cc1ccc(C(=O)C2C(=O)CCCC2=O)c(Cl)c1. The van der Waals surface area contributed by atoms with Crippen molar-refractivity contribution in [3.8, 4) is 0 Å². The van der Waals surface area contributed by atoms with E-state index in [2.05, 4.69) is 0 Å². The number of carbonyl (C=O) groups excluding carboxylic acids is 3. The summed E-state index contributed by atoms with van der Waals surface area (Å²) < 4.78 is 0. The predicted octanol–water partition coefficient (Wildman–Crippen LogP) is 2.77. The summed E-state index contributed by atoms with van der Waals surface area (Å²) in [6, 6.07) is 4.98. The van der Waals surface area contributed by atoms with E-state index in [1.54, 1.807) is 18.2 Å². The lowest BCUT2D eigenvalue weighted by Crippen LogP contribution is -2.35.